The summed E-state index contributed by atoms with van der Waals surface area (Å²) in [4.78, 5) is 3.05. The summed E-state index contributed by atoms with van der Waals surface area (Å²) < 4.78 is 74.6. The number of rotatable bonds is 5. The molecule has 3 heterocycles. The van der Waals surface area contributed by atoms with E-state index in [1.807, 2.05) is 0 Å². The van der Waals surface area contributed by atoms with Gasteiger partial charge in [0, 0.05) is 13.2 Å². The average molecular weight is 452 g/mol. The van der Waals surface area contributed by atoms with Crippen LogP contribution in [0.1, 0.15) is 5.69 Å². The van der Waals surface area contributed by atoms with E-state index in [0.29, 0.717) is 16.8 Å². The van der Waals surface area contributed by atoms with Crippen molar-refractivity contribution in [1.29, 1.82) is 0 Å². The number of alkyl halides is 3. The van der Waals surface area contributed by atoms with Gasteiger partial charge in [0.2, 0.25) is 5.88 Å². The predicted octanol–water partition coefficient (Wildman–Crippen LogP) is 2.98. The van der Waals surface area contributed by atoms with E-state index >= 15 is 0 Å². The van der Waals surface area contributed by atoms with Crippen LogP contribution in [0, 0.1) is 0 Å². The average Bonchev–Trinajstić information content (AvgIpc) is 3.33. The number of ether oxygens (including phenoxy) is 1. The summed E-state index contributed by atoms with van der Waals surface area (Å²) in [5.74, 6) is 0.338. The number of pyridine rings is 1. The van der Waals surface area contributed by atoms with Crippen molar-refractivity contribution in [1.82, 2.24) is 24.5 Å². The van der Waals surface area contributed by atoms with Gasteiger partial charge in [-0.15, -0.1) is 5.10 Å². The highest BCUT2D eigenvalue weighted by molar-refractivity contribution is 7.92. The molecule has 0 unspecified atom stereocenters. The molecule has 1 aromatic carbocycles. The van der Waals surface area contributed by atoms with Crippen molar-refractivity contribution in [3.63, 3.8) is 0 Å². The van der Waals surface area contributed by atoms with Crippen LogP contribution in [0.15, 0.2) is 53.8 Å². The molecule has 0 fully saturated rings. The molecule has 4 rings (SSSR count). The van der Waals surface area contributed by atoms with Crippen LogP contribution in [0.5, 0.6) is 5.88 Å². The Hall–Kier alpha value is -3.61. The molecule has 1 N–H and O–H groups in total. The van der Waals surface area contributed by atoms with E-state index in [2.05, 4.69) is 19.9 Å². The Balaban J connectivity index is 1.69. The Kier molecular flexibility index (Phi) is 4.84. The molecule has 0 aliphatic rings. The minimum atomic E-state index is -4.64. The normalized spacial score (nSPS) is 12.3. The maximum absolute atomic E-state index is 12.9. The molecule has 0 saturated carbocycles. The van der Waals surface area contributed by atoms with Crippen molar-refractivity contribution in [2.24, 2.45) is 7.05 Å². The number of fused-ring (bicyclic) bond motifs is 1. The van der Waals surface area contributed by atoms with Crippen LogP contribution in [0.3, 0.4) is 0 Å². The first-order chi connectivity index (χ1) is 14.6. The standard InChI is InChI=1S/C18H15F3N6O3S/c1-26-16-13(17(24-26)30-2)4-3-5-14(16)25-31(28,29)12-9-23-27(10-12)11-6-7-22-15(8-11)18(19,20)21/h3-10,25H,1-2H3. The fourth-order valence-electron chi connectivity index (χ4n) is 3.04. The third-order valence-electron chi connectivity index (χ3n) is 4.44. The smallest absolute Gasteiger partial charge is 0.433 e. The highest BCUT2D eigenvalue weighted by Gasteiger charge is 2.32. The SMILES string of the molecule is COc1nn(C)c2c(NS(=O)(=O)c3cnn(-c4ccnc(C(F)(F)F)c4)c3)cccc12. The second-order valence-corrected chi connectivity index (χ2v) is 8.14. The van der Waals surface area contributed by atoms with E-state index in [9.17, 15) is 21.6 Å². The van der Waals surface area contributed by atoms with Crippen LogP contribution >= 0.6 is 0 Å². The second kappa shape index (κ2) is 7.27. The molecular weight excluding hydrogens is 437 g/mol. The van der Waals surface area contributed by atoms with Gasteiger partial charge in [-0.05, 0) is 24.3 Å². The lowest BCUT2D eigenvalue weighted by Gasteiger charge is -2.09. The number of hydrogen-bond acceptors (Lipinski definition) is 6. The van der Waals surface area contributed by atoms with Crippen LogP contribution in [-0.2, 0) is 23.2 Å². The number of halogens is 3. The third kappa shape index (κ3) is 3.79. The van der Waals surface area contributed by atoms with Gasteiger partial charge in [0.05, 0.1) is 41.8 Å². The number of anilines is 1. The molecule has 9 nitrogen and oxygen atoms in total. The van der Waals surface area contributed by atoms with Gasteiger partial charge in [0.15, 0.2) is 0 Å². The van der Waals surface area contributed by atoms with Crippen LogP contribution in [0.4, 0.5) is 18.9 Å². The van der Waals surface area contributed by atoms with Crippen LogP contribution in [0.25, 0.3) is 16.6 Å². The van der Waals surface area contributed by atoms with Gasteiger partial charge < -0.3 is 4.74 Å². The number of sulfonamides is 1. The van der Waals surface area contributed by atoms with E-state index < -0.39 is 21.9 Å². The first-order valence-electron chi connectivity index (χ1n) is 8.71. The molecule has 0 radical (unpaired) electrons. The first-order valence-corrected chi connectivity index (χ1v) is 10.2. The van der Waals surface area contributed by atoms with Crippen molar-refractivity contribution < 1.29 is 26.3 Å². The zero-order valence-electron chi connectivity index (χ0n) is 16.1. The summed E-state index contributed by atoms with van der Waals surface area (Å²) in [5, 5.41) is 8.68. The lowest BCUT2D eigenvalue weighted by Crippen LogP contribution is -2.13. The number of methoxy groups -OCH3 is 1. The monoisotopic (exact) mass is 452 g/mol. The molecule has 0 atom stereocenters. The molecule has 0 aliphatic heterocycles. The quantitative estimate of drug-likeness (QED) is 0.499. The van der Waals surface area contributed by atoms with Crippen LogP contribution in [0.2, 0.25) is 0 Å². The first kappa shape index (κ1) is 20.7. The zero-order chi connectivity index (χ0) is 22.4. The number of nitrogens with zero attached hydrogens (tertiary/aromatic N) is 5. The molecule has 0 amide bonds. The lowest BCUT2D eigenvalue weighted by atomic mass is 10.2. The van der Waals surface area contributed by atoms with Gasteiger partial charge in [-0.25, -0.2) is 13.1 Å². The van der Waals surface area contributed by atoms with E-state index in [1.54, 1.807) is 25.2 Å². The molecule has 4 aromatic rings. The maximum atomic E-state index is 12.9. The molecule has 13 heteroatoms. The largest absolute Gasteiger partial charge is 0.479 e. The summed E-state index contributed by atoms with van der Waals surface area (Å²) in [7, 11) is -1.00. The number of hydrogen-bond donors (Lipinski definition) is 1. The van der Waals surface area contributed by atoms with E-state index in [0.717, 1.165) is 29.3 Å². The number of para-hydroxylation sites is 1. The summed E-state index contributed by atoms with van der Waals surface area (Å²) in [6, 6.07) is 7.00. The third-order valence-corrected chi connectivity index (χ3v) is 5.76. The number of aromatic nitrogens is 5. The van der Waals surface area contributed by atoms with Gasteiger partial charge in [0.25, 0.3) is 10.0 Å². The summed E-state index contributed by atoms with van der Waals surface area (Å²) >= 11 is 0. The minimum absolute atomic E-state index is 0.0160. The van der Waals surface area contributed by atoms with Gasteiger partial charge >= 0.3 is 6.18 Å². The molecule has 0 bridgehead atoms. The van der Waals surface area contributed by atoms with E-state index in [4.69, 9.17) is 4.74 Å². The Labute approximate surface area is 174 Å². The molecular formula is C18H15F3N6O3S. The molecule has 31 heavy (non-hydrogen) atoms. The second-order valence-electron chi connectivity index (χ2n) is 6.46. The maximum Gasteiger partial charge on any atom is 0.433 e. The van der Waals surface area contributed by atoms with Crippen molar-refractivity contribution in [2.45, 2.75) is 11.1 Å². The molecule has 162 valence electrons. The van der Waals surface area contributed by atoms with Crippen LogP contribution in [-0.4, -0.2) is 40.1 Å². The fraction of sp³-hybridized carbons (Fsp3) is 0.167. The predicted molar refractivity (Wildman–Crippen MR) is 104 cm³/mol. The zero-order valence-corrected chi connectivity index (χ0v) is 16.9. The Morgan fingerprint density at radius 1 is 1.19 bits per heavy atom. The van der Waals surface area contributed by atoms with Crippen LogP contribution < -0.4 is 9.46 Å². The molecule has 0 spiro atoms. The minimum Gasteiger partial charge on any atom is -0.479 e. The number of aryl methyl sites for hydroxylation is 1. The van der Waals surface area contributed by atoms with Gasteiger partial charge in [-0.2, -0.15) is 18.3 Å². The van der Waals surface area contributed by atoms with Crippen molar-refractivity contribution in [3.8, 4) is 11.6 Å². The van der Waals surface area contributed by atoms with Crippen molar-refractivity contribution in [2.75, 3.05) is 11.8 Å². The van der Waals surface area contributed by atoms with E-state index in [-0.39, 0.29) is 16.3 Å². The van der Waals surface area contributed by atoms with E-state index in [1.165, 1.54) is 17.9 Å². The highest BCUT2D eigenvalue weighted by Crippen LogP contribution is 2.31. The topological polar surface area (TPSA) is 104 Å². The molecule has 0 saturated heterocycles. The Morgan fingerprint density at radius 2 is 1.97 bits per heavy atom. The number of benzene rings is 1. The summed E-state index contributed by atoms with van der Waals surface area (Å²) in [5.41, 5.74) is -0.340. The number of nitrogens with one attached hydrogen (secondary N) is 1. The molecule has 3 aromatic heterocycles. The Bertz CT molecular complexity index is 1380. The lowest BCUT2D eigenvalue weighted by molar-refractivity contribution is -0.141. The molecule has 0 aliphatic carbocycles. The Morgan fingerprint density at radius 3 is 2.68 bits per heavy atom. The highest BCUT2D eigenvalue weighted by atomic mass is 32.2. The van der Waals surface area contributed by atoms with Crippen molar-refractivity contribution >= 4 is 26.6 Å². The summed E-state index contributed by atoms with van der Waals surface area (Å²) in [6.45, 7) is 0. The van der Waals surface area contributed by atoms with Gasteiger partial charge in [-0.3, -0.25) is 14.4 Å². The van der Waals surface area contributed by atoms with Gasteiger partial charge in [0.1, 0.15) is 10.6 Å². The van der Waals surface area contributed by atoms with Crippen molar-refractivity contribution in [3.05, 3.63) is 54.6 Å². The van der Waals surface area contributed by atoms with Gasteiger partial charge in [-0.1, -0.05) is 6.07 Å². The fourth-order valence-corrected chi connectivity index (χ4v) is 4.04. The summed E-state index contributed by atoms with van der Waals surface area (Å²) in [6.07, 6.45) is -1.51.